The number of benzene rings is 1. The van der Waals surface area contributed by atoms with Crippen molar-refractivity contribution in [1.29, 1.82) is 0 Å². The van der Waals surface area contributed by atoms with Gasteiger partial charge in [-0.2, -0.15) is 0 Å². The van der Waals surface area contributed by atoms with Crippen LogP contribution < -0.4 is 5.32 Å². The predicted octanol–water partition coefficient (Wildman–Crippen LogP) is 2.04. The minimum Gasteiger partial charge on any atom is -0.337 e. The zero-order valence-electron chi connectivity index (χ0n) is 14.3. The quantitative estimate of drug-likeness (QED) is 0.865. The molecular weight excluding hydrogens is 305 g/mol. The van der Waals surface area contributed by atoms with Crippen molar-refractivity contribution in [3.63, 3.8) is 0 Å². The number of nitrogens with one attached hydrogen (secondary N) is 1. The molecule has 1 N–H and O–H groups in total. The van der Waals surface area contributed by atoms with E-state index in [9.17, 15) is 9.18 Å². The number of amides is 1. The van der Waals surface area contributed by atoms with Gasteiger partial charge in [0.25, 0.3) is 0 Å². The molecule has 1 unspecified atom stereocenters. The third kappa shape index (κ3) is 4.77. The summed E-state index contributed by atoms with van der Waals surface area (Å²) in [6, 6.07) is 6.57. The topological polar surface area (TPSA) is 35.6 Å². The van der Waals surface area contributed by atoms with Crippen LogP contribution in [0.15, 0.2) is 24.3 Å². The molecule has 0 bridgehead atoms. The van der Waals surface area contributed by atoms with E-state index in [1.54, 1.807) is 12.1 Å². The Kier molecular flexibility index (Phi) is 6.21. The van der Waals surface area contributed by atoms with Gasteiger partial charge in [-0.15, -0.1) is 0 Å². The van der Waals surface area contributed by atoms with Gasteiger partial charge in [-0.05, 0) is 56.6 Å². The molecule has 0 saturated carbocycles. The number of carbonyl (C=O) groups excluding carboxylic acids is 1. The van der Waals surface area contributed by atoms with E-state index in [2.05, 4.69) is 15.1 Å². The smallest absolute Gasteiger partial charge is 0.227 e. The molecule has 1 aromatic rings. The fourth-order valence-corrected chi connectivity index (χ4v) is 3.73. The van der Waals surface area contributed by atoms with Crippen molar-refractivity contribution < 1.29 is 9.18 Å². The van der Waals surface area contributed by atoms with Crippen LogP contribution in [0.25, 0.3) is 0 Å². The second-order valence-electron chi connectivity index (χ2n) is 6.94. The summed E-state index contributed by atoms with van der Waals surface area (Å²) >= 11 is 0. The number of nitrogens with zero attached hydrogens (tertiary/aromatic N) is 2. The third-order valence-corrected chi connectivity index (χ3v) is 5.17. The molecule has 3 rings (SSSR count). The highest BCUT2D eigenvalue weighted by Gasteiger charge is 2.27. The maximum atomic E-state index is 13.0. The van der Waals surface area contributed by atoms with Gasteiger partial charge in [-0.1, -0.05) is 18.6 Å². The summed E-state index contributed by atoms with van der Waals surface area (Å²) in [5.74, 6) is -0.0968. The van der Waals surface area contributed by atoms with Gasteiger partial charge >= 0.3 is 0 Å². The largest absolute Gasteiger partial charge is 0.337 e. The first kappa shape index (κ1) is 17.4. The zero-order valence-corrected chi connectivity index (χ0v) is 14.3. The molecule has 0 spiro atoms. The molecule has 5 heteroatoms. The van der Waals surface area contributed by atoms with E-state index in [0.717, 1.165) is 51.3 Å². The minimum absolute atomic E-state index is 0.160. The molecule has 1 atom stereocenters. The number of piperidine rings is 1. The molecule has 24 heavy (non-hydrogen) atoms. The summed E-state index contributed by atoms with van der Waals surface area (Å²) in [6.45, 7) is 5.94. The number of hydrogen-bond donors (Lipinski definition) is 1. The summed E-state index contributed by atoms with van der Waals surface area (Å²) in [5, 5.41) is 3.36. The van der Waals surface area contributed by atoms with Crippen LogP contribution >= 0.6 is 0 Å². The number of hydrogen-bond acceptors (Lipinski definition) is 3. The molecule has 2 heterocycles. The molecule has 132 valence electrons. The van der Waals surface area contributed by atoms with Crippen molar-refractivity contribution in [3.8, 4) is 0 Å². The van der Waals surface area contributed by atoms with Crippen molar-refractivity contribution in [2.75, 3.05) is 39.3 Å². The van der Waals surface area contributed by atoms with Crippen LogP contribution in [0.1, 0.15) is 31.2 Å². The van der Waals surface area contributed by atoms with Crippen molar-refractivity contribution in [2.45, 2.75) is 38.1 Å². The molecule has 2 aliphatic rings. The maximum absolute atomic E-state index is 13.0. The van der Waals surface area contributed by atoms with Crippen molar-refractivity contribution in [2.24, 2.45) is 0 Å². The molecule has 0 radical (unpaired) electrons. The molecule has 0 aromatic heterocycles. The zero-order chi connectivity index (χ0) is 16.8. The molecule has 0 aliphatic carbocycles. The molecule has 1 aromatic carbocycles. The molecular formula is C19H28FN3O. The number of halogens is 1. The highest BCUT2D eigenvalue weighted by Crippen LogP contribution is 2.14. The Hall–Kier alpha value is -1.46. The molecule has 2 aliphatic heterocycles. The van der Waals surface area contributed by atoms with E-state index in [4.69, 9.17) is 0 Å². The van der Waals surface area contributed by atoms with E-state index >= 15 is 0 Å². The van der Waals surface area contributed by atoms with Crippen LogP contribution in [0.3, 0.4) is 0 Å². The lowest BCUT2D eigenvalue weighted by Gasteiger charge is -2.33. The summed E-state index contributed by atoms with van der Waals surface area (Å²) in [4.78, 5) is 17.4. The normalized spacial score (nSPS) is 21.8. The highest BCUT2D eigenvalue weighted by atomic mass is 19.1. The molecule has 4 nitrogen and oxygen atoms in total. The molecule has 2 fully saturated rings. The first-order valence-corrected chi connectivity index (χ1v) is 9.19. The van der Waals surface area contributed by atoms with Crippen LogP contribution in [0.4, 0.5) is 4.39 Å². The van der Waals surface area contributed by atoms with Crippen LogP contribution in [0.2, 0.25) is 0 Å². The lowest BCUT2D eigenvalue weighted by atomic mass is 10.1. The lowest BCUT2D eigenvalue weighted by molar-refractivity contribution is -0.132. The van der Waals surface area contributed by atoms with Gasteiger partial charge < -0.3 is 15.1 Å². The van der Waals surface area contributed by atoms with Crippen LogP contribution in [0, 0.1) is 5.82 Å². The van der Waals surface area contributed by atoms with Crippen molar-refractivity contribution >= 4 is 5.91 Å². The van der Waals surface area contributed by atoms with Gasteiger partial charge in [0, 0.05) is 25.7 Å². The van der Waals surface area contributed by atoms with Gasteiger partial charge in [-0.3, -0.25) is 4.79 Å². The number of likely N-dealkylation sites (tertiary alicyclic amines) is 1. The SMILES string of the molecule is O=C(Cc1ccc(F)cc1)N(CCN1CCCCC1)C1CCNC1. The average molecular weight is 333 g/mol. The van der Waals surface area contributed by atoms with Gasteiger partial charge in [0.2, 0.25) is 5.91 Å². The summed E-state index contributed by atoms with van der Waals surface area (Å²) in [7, 11) is 0. The third-order valence-electron chi connectivity index (χ3n) is 5.17. The van der Waals surface area contributed by atoms with Crippen molar-refractivity contribution in [1.82, 2.24) is 15.1 Å². The minimum atomic E-state index is -0.256. The van der Waals surface area contributed by atoms with Gasteiger partial charge in [0.15, 0.2) is 0 Å². The van der Waals surface area contributed by atoms with Crippen LogP contribution in [0.5, 0.6) is 0 Å². The first-order chi connectivity index (χ1) is 11.7. The summed E-state index contributed by atoms with van der Waals surface area (Å²) in [6.07, 6.45) is 5.26. The Bertz CT molecular complexity index is 522. The second-order valence-corrected chi connectivity index (χ2v) is 6.94. The molecule has 1 amide bonds. The fourth-order valence-electron chi connectivity index (χ4n) is 3.73. The average Bonchev–Trinajstić information content (AvgIpc) is 3.12. The van der Waals surface area contributed by atoms with E-state index in [-0.39, 0.29) is 11.7 Å². The predicted molar refractivity (Wildman–Crippen MR) is 93.4 cm³/mol. The lowest BCUT2D eigenvalue weighted by Crippen LogP contribution is -2.47. The standard InChI is InChI=1S/C19H28FN3O/c20-17-6-4-16(5-7-17)14-19(24)23(18-8-9-21-15-18)13-12-22-10-2-1-3-11-22/h4-7,18,21H,1-3,8-15H2. The Morgan fingerprint density at radius 3 is 2.62 bits per heavy atom. The monoisotopic (exact) mass is 333 g/mol. The molecule has 2 saturated heterocycles. The van der Waals surface area contributed by atoms with E-state index in [1.165, 1.54) is 31.4 Å². The highest BCUT2D eigenvalue weighted by molar-refractivity contribution is 5.79. The van der Waals surface area contributed by atoms with Gasteiger partial charge in [0.1, 0.15) is 5.82 Å². The van der Waals surface area contributed by atoms with Gasteiger partial charge in [0.05, 0.1) is 6.42 Å². The van der Waals surface area contributed by atoms with Gasteiger partial charge in [-0.25, -0.2) is 4.39 Å². The Morgan fingerprint density at radius 2 is 1.96 bits per heavy atom. The second kappa shape index (κ2) is 8.58. The summed E-state index contributed by atoms with van der Waals surface area (Å²) in [5.41, 5.74) is 0.885. The van der Waals surface area contributed by atoms with Crippen LogP contribution in [-0.4, -0.2) is 61.0 Å². The number of carbonyl (C=O) groups is 1. The number of rotatable bonds is 6. The van der Waals surface area contributed by atoms with Crippen molar-refractivity contribution in [3.05, 3.63) is 35.6 Å². The fraction of sp³-hybridized carbons (Fsp3) is 0.632. The Labute approximate surface area is 144 Å². The van der Waals surface area contributed by atoms with E-state index in [0.29, 0.717) is 12.5 Å². The Morgan fingerprint density at radius 1 is 1.21 bits per heavy atom. The first-order valence-electron chi connectivity index (χ1n) is 9.19. The van der Waals surface area contributed by atoms with E-state index < -0.39 is 0 Å². The van der Waals surface area contributed by atoms with E-state index in [1.807, 2.05) is 0 Å². The summed E-state index contributed by atoms with van der Waals surface area (Å²) < 4.78 is 13.0. The maximum Gasteiger partial charge on any atom is 0.227 e. The Balaban J connectivity index is 1.59. The van der Waals surface area contributed by atoms with Crippen LogP contribution in [-0.2, 0) is 11.2 Å².